The minimum atomic E-state index is -1.05. The first-order chi connectivity index (χ1) is 18.7. The number of carboxylic acid groups (broad SMARTS) is 1. The maximum absolute atomic E-state index is 13.3. The zero-order valence-electron chi connectivity index (χ0n) is 21.5. The van der Waals surface area contributed by atoms with E-state index in [1.165, 1.54) is 4.90 Å². The van der Waals surface area contributed by atoms with Crippen molar-refractivity contribution in [3.05, 3.63) is 65.2 Å². The van der Waals surface area contributed by atoms with Crippen molar-refractivity contribution in [1.29, 1.82) is 0 Å². The first kappa shape index (κ1) is 25.7. The van der Waals surface area contributed by atoms with Crippen LogP contribution in [0.15, 0.2) is 42.7 Å². The van der Waals surface area contributed by atoms with Gasteiger partial charge in [0.05, 0.1) is 17.3 Å². The van der Waals surface area contributed by atoms with Crippen molar-refractivity contribution in [1.82, 2.24) is 29.2 Å². The molecular weight excluding hydrogens is 504 g/mol. The fourth-order valence-electron chi connectivity index (χ4n) is 4.75. The lowest BCUT2D eigenvalue weighted by atomic mass is 10.1. The summed E-state index contributed by atoms with van der Waals surface area (Å²) in [7, 11) is 0. The summed E-state index contributed by atoms with van der Waals surface area (Å²) in [6.45, 7) is 4.79. The topological polar surface area (TPSA) is 170 Å². The molecule has 0 bridgehead atoms. The van der Waals surface area contributed by atoms with Crippen molar-refractivity contribution < 1.29 is 24.2 Å². The highest BCUT2D eigenvalue weighted by Gasteiger charge is 2.30. The molecule has 4 heterocycles. The number of rotatable bonds is 9. The van der Waals surface area contributed by atoms with Crippen LogP contribution in [0.25, 0.3) is 11.0 Å². The molecule has 13 heteroatoms. The molecule has 39 heavy (non-hydrogen) atoms. The molecule has 0 saturated carbocycles. The Morgan fingerprint density at radius 1 is 1.23 bits per heavy atom. The third kappa shape index (κ3) is 5.10. The number of pyridine rings is 1. The van der Waals surface area contributed by atoms with Gasteiger partial charge in [-0.3, -0.25) is 24.6 Å². The molecular formula is C26H28N8O5. The number of imidazole rings is 1. The van der Waals surface area contributed by atoms with E-state index < -0.39 is 17.9 Å². The number of anilines is 1. The maximum Gasteiger partial charge on any atom is 0.407 e. The first-order valence-electron chi connectivity index (χ1n) is 12.5. The van der Waals surface area contributed by atoms with E-state index in [0.29, 0.717) is 41.1 Å². The normalized spacial score (nSPS) is 14.2. The number of nitrogens with zero attached hydrogens (tertiary/aromatic N) is 6. The first-order valence-corrected chi connectivity index (χ1v) is 12.5. The van der Waals surface area contributed by atoms with Crippen molar-refractivity contribution in [2.75, 3.05) is 18.5 Å². The standard InChI is InChI=1S/C26H28N8O5/c1-3-33-20(10-15(2)31-33)24(36)30-25-29-19-11-17(23(27)35)12-21-22(19)34(25)18(14-39-21)6-9-32(26(37)38)13-16-4-7-28-8-5-16/h4-5,7-8,10-12,18H,3,6,9,13-14H2,1-2H3,(H2,27,35)(H,37,38)(H,29,30,36)/t18-/m0/s1. The maximum atomic E-state index is 13.3. The van der Waals surface area contributed by atoms with Gasteiger partial charge in [-0.2, -0.15) is 5.10 Å². The van der Waals surface area contributed by atoms with Crippen molar-refractivity contribution in [3.8, 4) is 5.75 Å². The zero-order chi connectivity index (χ0) is 27.7. The molecule has 202 valence electrons. The van der Waals surface area contributed by atoms with E-state index >= 15 is 0 Å². The molecule has 3 amide bonds. The molecule has 1 atom stereocenters. The Morgan fingerprint density at radius 3 is 2.69 bits per heavy atom. The van der Waals surface area contributed by atoms with Crippen LogP contribution in [0.3, 0.4) is 0 Å². The number of benzene rings is 1. The summed E-state index contributed by atoms with van der Waals surface area (Å²) in [6, 6.07) is 7.97. The monoisotopic (exact) mass is 532 g/mol. The third-order valence-electron chi connectivity index (χ3n) is 6.62. The Kier molecular flexibility index (Phi) is 6.88. The number of hydrogen-bond acceptors (Lipinski definition) is 7. The van der Waals surface area contributed by atoms with Gasteiger partial charge in [0.1, 0.15) is 23.6 Å². The van der Waals surface area contributed by atoms with Gasteiger partial charge < -0.3 is 25.0 Å². The number of ether oxygens (including phenoxy) is 1. The Hall–Kier alpha value is -4.94. The number of nitrogens with two attached hydrogens (primary N) is 1. The van der Waals surface area contributed by atoms with Crippen molar-refractivity contribution in [3.63, 3.8) is 0 Å². The largest absolute Gasteiger partial charge is 0.489 e. The number of carbonyl (C=O) groups is 3. The van der Waals surface area contributed by atoms with Gasteiger partial charge in [0.2, 0.25) is 11.9 Å². The van der Waals surface area contributed by atoms with Gasteiger partial charge >= 0.3 is 6.09 Å². The van der Waals surface area contributed by atoms with Crippen LogP contribution in [0.1, 0.15) is 51.5 Å². The summed E-state index contributed by atoms with van der Waals surface area (Å²) in [6.07, 6.45) is 2.56. The van der Waals surface area contributed by atoms with Crippen LogP contribution in [0.5, 0.6) is 5.75 Å². The Labute approximate surface area is 223 Å². The lowest BCUT2D eigenvalue weighted by Gasteiger charge is -2.29. The summed E-state index contributed by atoms with van der Waals surface area (Å²) in [5.74, 6) is -0.360. The second-order valence-electron chi connectivity index (χ2n) is 9.27. The van der Waals surface area contributed by atoms with E-state index in [1.807, 2.05) is 18.4 Å². The molecule has 0 unspecified atom stereocenters. The van der Waals surface area contributed by atoms with Crippen molar-refractivity contribution >= 4 is 34.9 Å². The van der Waals surface area contributed by atoms with Crippen LogP contribution >= 0.6 is 0 Å². The highest BCUT2D eigenvalue weighted by atomic mass is 16.5. The quantitative estimate of drug-likeness (QED) is 0.295. The minimum absolute atomic E-state index is 0.179. The van der Waals surface area contributed by atoms with Gasteiger partial charge in [-0.25, -0.2) is 9.78 Å². The van der Waals surface area contributed by atoms with Crippen LogP contribution in [-0.4, -0.2) is 65.4 Å². The predicted molar refractivity (Wildman–Crippen MR) is 141 cm³/mol. The number of aryl methyl sites for hydroxylation is 2. The average molecular weight is 533 g/mol. The summed E-state index contributed by atoms with van der Waals surface area (Å²) < 4.78 is 9.42. The SMILES string of the molecule is CCn1nc(C)cc1C(=O)Nc1nc2cc(C(N)=O)cc3c2n1[C@@H](CCN(Cc1ccncc1)C(=O)O)CO3. The zero-order valence-corrected chi connectivity index (χ0v) is 21.5. The van der Waals surface area contributed by atoms with Crippen LogP contribution in [0.4, 0.5) is 10.7 Å². The number of hydrogen-bond donors (Lipinski definition) is 3. The van der Waals surface area contributed by atoms with Crippen molar-refractivity contribution in [2.24, 2.45) is 5.73 Å². The van der Waals surface area contributed by atoms with Crippen LogP contribution < -0.4 is 15.8 Å². The molecule has 4 N–H and O–H groups in total. The molecule has 1 aliphatic heterocycles. The molecule has 0 spiro atoms. The third-order valence-corrected chi connectivity index (χ3v) is 6.62. The van der Waals surface area contributed by atoms with E-state index in [9.17, 15) is 19.5 Å². The molecule has 1 aliphatic rings. The molecule has 0 fully saturated rings. The van der Waals surface area contributed by atoms with Gasteiger partial charge in [0.25, 0.3) is 5.91 Å². The van der Waals surface area contributed by atoms with E-state index in [4.69, 9.17) is 10.5 Å². The van der Waals surface area contributed by atoms with Gasteiger partial charge in [-0.1, -0.05) is 0 Å². The molecule has 13 nitrogen and oxygen atoms in total. The lowest BCUT2D eigenvalue weighted by molar-refractivity contribution is 0.0995. The summed E-state index contributed by atoms with van der Waals surface area (Å²) in [4.78, 5) is 47.1. The number of amides is 3. The molecule has 3 aromatic heterocycles. The van der Waals surface area contributed by atoms with E-state index in [2.05, 4.69) is 20.4 Å². The number of primary amides is 1. The van der Waals surface area contributed by atoms with Gasteiger partial charge in [0, 0.05) is 37.6 Å². The Morgan fingerprint density at radius 2 is 2.00 bits per heavy atom. The van der Waals surface area contributed by atoms with E-state index in [1.54, 1.807) is 47.4 Å². The van der Waals surface area contributed by atoms with Gasteiger partial charge in [-0.15, -0.1) is 0 Å². The summed E-state index contributed by atoms with van der Waals surface area (Å²) in [5, 5.41) is 17.0. The molecule has 0 aliphatic carbocycles. The number of aromatic nitrogens is 5. The van der Waals surface area contributed by atoms with Crippen LogP contribution in [0, 0.1) is 6.92 Å². The molecule has 0 saturated heterocycles. The summed E-state index contributed by atoms with van der Waals surface area (Å²) >= 11 is 0. The van der Waals surface area contributed by atoms with E-state index in [0.717, 1.165) is 5.56 Å². The molecule has 5 rings (SSSR count). The van der Waals surface area contributed by atoms with Crippen molar-refractivity contribution in [2.45, 2.75) is 39.4 Å². The van der Waals surface area contributed by atoms with Gasteiger partial charge in [-0.05, 0) is 56.2 Å². The van der Waals surface area contributed by atoms with E-state index in [-0.39, 0.29) is 37.3 Å². The highest BCUT2D eigenvalue weighted by Crippen LogP contribution is 2.38. The Balaban J connectivity index is 1.48. The molecule has 1 aromatic carbocycles. The fourth-order valence-corrected chi connectivity index (χ4v) is 4.75. The Bertz CT molecular complexity index is 1560. The van der Waals surface area contributed by atoms with Gasteiger partial charge in [0.15, 0.2) is 0 Å². The second-order valence-corrected chi connectivity index (χ2v) is 9.27. The fraction of sp³-hybridized carbons (Fsp3) is 0.308. The predicted octanol–water partition coefficient (Wildman–Crippen LogP) is 2.81. The lowest BCUT2D eigenvalue weighted by Crippen LogP contribution is -2.33. The van der Waals surface area contributed by atoms with Crippen LogP contribution in [0.2, 0.25) is 0 Å². The number of nitrogens with one attached hydrogen (secondary N) is 1. The van der Waals surface area contributed by atoms with Crippen LogP contribution in [-0.2, 0) is 13.1 Å². The highest BCUT2D eigenvalue weighted by molar-refractivity contribution is 6.04. The minimum Gasteiger partial charge on any atom is -0.489 e. The molecule has 0 radical (unpaired) electrons. The molecule has 4 aromatic rings. The average Bonchev–Trinajstić information content (AvgIpc) is 3.48. The smallest absolute Gasteiger partial charge is 0.407 e. The second kappa shape index (κ2) is 10.4. The summed E-state index contributed by atoms with van der Waals surface area (Å²) in [5.41, 5.74) is 8.65. The number of carbonyl (C=O) groups excluding carboxylic acids is 2.